The van der Waals surface area contributed by atoms with E-state index < -0.39 is 0 Å². The van der Waals surface area contributed by atoms with Crippen molar-refractivity contribution in [2.45, 2.75) is 33.8 Å². The molecular weight excluding hydrogens is 358 g/mol. The van der Waals surface area contributed by atoms with Crippen LogP contribution in [0.4, 0.5) is 0 Å². The zero-order valence-electron chi connectivity index (χ0n) is 17.1. The normalized spacial score (nSPS) is 11.0. The van der Waals surface area contributed by atoms with Crippen LogP contribution in [0.1, 0.15) is 39.7 Å². The molecule has 2 heterocycles. The number of hydrogen-bond donors (Lipinski definition) is 0. The van der Waals surface area contributed by atoms with E-state index in [-0.39, 0.29) is 0 Å². The van der Waals surface area contributed by atoms with E-state index in [0.717, 1.165) is 51.8 Å². The van der Waals surface area contributed by atoms with Crippen LogP contribution in [-0.4, -0.2) is 10.7 Å². The minimum Gasteiger partial charge on any atom is -0.488 e. The molecule has 2 aromatic heterocycles. The van der Waals surface area contributed by atoms with Crippen LogP contribution in [-0.2, 0) is 13.0 Å². The highest BCUT2D eigenvalue weighted by Crippen LogP contribution is 2.33. The third-order valence-electron chi connectivity index (χ3n) is 5.39. The molecule has 2 aromatic carbocycles. The minimum atomic E-state index is 0.539. The van der Waals surface area contributed by atoms with Gasteiger partial charge in [0.2, 0.25) is 0 Å². The van der Waals surface area contributed by atoms with Crippen LogP contribution in [0.3, 0.4) is 0 Å². The van der Waals surface area contributed by atoms with Crippen molar-refractivity contribution in [1.82, 2.24) is 4.40 Å². The lowest BCUT2D eigenvalue weighted by Gasteiger charge is -2.14. The van der Waals surface area contributed by atoms with E-state index in [4.69, 9.17) is 4.74 Å². The standard InChI is InChI=1S/C26H25NO2/c1-4-20-10-11-23-14-24(25(16-28)27(23)15-20)22-12-18(2)26(19(3)13-22)29-17-21-8-6-5-7-9-21/h5-16H,4,17H2,1-3H3. The van der Waals surface area contributed by atoms with E-state index in [1.807, 2.05) is 22.6 Å². The Hall–Kier alpha value is -3.33. The lowest BCUT2D eigenvalue weighted by atomic mass is 10.00. The van der Waals surface area contributed by atoms with Gasteiger partial charge < -0.3 is 9.14 Å². The highest BCUT2D eigenvalue weighted by molar-refractivity contribution is 5.90. The fraction of sp³-hybridized carbons (Fsp3) is 0.192. The molecule has 146 valence electrons. The molecular formula is C26H25NO2. The van der Waals surface area contributed by atoms with Crippen molar-refractivity contribution in [1.29, 1.82) is 0 Å². The van der Waals surface area contributed by atoms with E-state index in [0.29, 0.717) is 12.3 Å². The first-order valence-electron chi connectivity index (χ1n) is 9.98. The Kier molecular flexibility index (Phi) is 5.22. The number of nitrogens with zero attached hydrogens (tertiary/aromatic N) is 1. The summed E-state index contributed by atoms with van der Waals surface area (Å²) in [6.45, 7) is 6.77. The van der Waals surface area contributed by atoms with Crippen LogP contribution in [0.15, 0.2) is 66.9 Å². The molecule has 0 saturated carbocycles. The number of benzene rings is 2. The number of hydrogen-bond acceptors (Lipinski definition) is 2. The van der Waals surface area contributed by atoms with Gasteiger partial charge in [-0.2, -0.15) is 0 Å². The van der Waals surface area contributed by atoms with Crippen LogP contribution in [0, 0.1) is 13.8 Å². The maximum atomic E-state index is 11.9. The van der Waals surface area contributed by atoms with Gasteiger partial charge in [0.15, 0.2) is 6.29 Å². The smallest absolute Gasteiger partial charge is 0.167 e. The molecule has 0 N–H and O–H groups in total. The van der Waals surface area contributed by atoms with Gasteiger partial charge in [-0.05, 0) is 72.4 Å². The summed E-state index contributed by atoms with van der Waals surface area (Å²) < 4.78 is 8.11. The molecule has 0 aliphatic rings. The van der Waals surface area contributed by atoms with Gasteiger partial charge in [0.05, 0.1) is 5.69 Å². The molecule has 4 rings (SSSR count). The second-order valence-corrected chi connectivity index (χ2v) is 7.46. The van der Waals surface area contributed by atoms with Gasteiger partial charge in [-0.15, -0.1) is 0 Å². The zero-order chi connectivity index (χ0) is 20.4. The van der Waals surface area contributed by atoms with Crippen LogP contribution in [0.5, 0.6) is 5.75 Å². The van der Waals surface area contributed by atoms with Crippen molar-refractivity contribution >= 4 is 11.8 Å². The molecule has 0 amide bonds. The largest absolute Gasteiger partial charge is 0.488 e. The number of aryl methyl sites for hydroxylation is 3. The second-order valence-electron chi connectivity index (χ2n) is 7.46. The summed E-state index contributed by atoms with van der Waals surface area (Å²) in [5.41, 5.74) is 8.19. The first-order chi connectivity index (χ1) is 14.1. The number of pyridine rings is 1. The summed E-state index contributed by atoms with van der Waals surface area (Å²) in [7, 11) is 0. The summed E-state index contributed by atoms with van der Waals surface area (Å²) in [4.78, 5) is 11.9. The Labute approximate surface area is 171 Å². The quantitative estimate of drug-likeness (QED) is 0.372. The number of carbonyl (C=O) groups excluding carboxylic acids is 1. The van der Waals surface area contributed by atoms with E-state index >= 15 is 0 Å². The van der Waals surface area contributed by atoms with Crippen molar-refractivity contribution in [3.8, 4) is 16.9 Å². The fourth-order valence-electron chi connectivity index (χ4n) is 3.86. The molecule has 0 saturated heterocycles. The molecule has 4 aromatic rings. The van der Waals surface area contributed by atoms with Crippen LogP contribution < -0.4 is 4.74 Å². The maximum Gasteiger partial charge on any atom is 0.167 e. The first-order valence-corrected chi connectivity index (χ1v) is 9.98. The van der Waals surface area contributed by atoms with Crippen LogP contribution >= 0.6 is 0 Å². The number of aromatic nitrogens is 1. The Bertz CT molecular complexity index is 1150. The van der Waals surface area contributed by atoms with Gasteiger partial charge in [0.25, 0.3) is 0 Å². The van der Waals surface area contributed by atoms with Crippen molar-refractivity contribution in [3.63, 3.8) is 0 Å². The molecule has 0 bridgehead atoms. The molecule has 0 fully saturated rings. The predicted molar refractivity (Wildman–Crippen MR) is 118 cm³/mol. The molecule has 0 spiro atoms. The van der Waals surface area contributed by atoms with Crippen molar-refractivity contribution in [2.24, 2.45) is 0 Å². The van der Waals surface area contributed by atoms with Gasteiger partial charge in [-0.3, -0.25) is 4.79 Å². The van der Waals surface area contributed by atoms with Gasteiger partial charge in [0, 0.05) is 17.3 Å². The molecule has 29 heavy (non-hydrogen) atoms. The van der Waals surface area contributed by atoms with Crippen LogP contribution in [0.25, 0.3) is 16.6 Å². The van der Waals surface area contributed by atoms with Gasteiger partial charge >= 0.3 is 0 Å². The Morgan fingerprint density at radius 3 is 2.31 bits per heavy atom. The molecule has 0 unspecified atom stereocenters. The van der Waals surface area contributed by atoms with Gasteiger partial charge in [0.1, 0.15) is 12.4 Å². The molecule has 3 nitrogen and oxygen atoms in total. The van der Waals surface area contributed by atoms with Crippen molar-refractivity contribution in [3.05, 3.63) is 94.8 Å². The monoisotopic (exact) mass is 383 g/mol. The summed E-state index contributed by atoms with van der Waals surface area (Å²) in [6, 6.07) is 20.7. The summed E-state index contributed by atoms with van der Waals surface area (Å²) in [5, 5.41) is 0. The van der Waals surface area contributed by atoms with E-state index in [9.17, 15) is 4.79 Å². The topological polar surface area (TPSA) is 30.7 Å². The second kappa shape index (κ2) is 7.96. The summed E-state index contributed by atoms with van der Waals surface area (Å²) in [6.07, 6.45) is 3.94. The Balaban J connectivity index is 1.72. The average Bonchev–Trinajstić information content (AvgIpc) is 3.11. The number of aldehydes is 1. The molecule has 0 aliphatic heterocycles. The maximum absolute atomic E-state index is 11.9. The highest BCUT2D eigenvalue weighted by atomic mass is 16.5. The molecule has 0 radical (unpaired) electrons. The fourth-order valence-corrected chi connectivity index (χ4v) is 3.86. The van der Waals surface area contributed by atoms with Crippen molar-refractivity contribution in [2.75, 3.05) is 0 Å². The predicted octanol–water partition coefficient (Wildman–Crippen LogP) is 6.18. The number of ether oxygens (including phenoxy) is 1. The number of carbonyl (C=O) groups is 1. The van der Waals surface area contributed by atoms with E-state index in [1.165, 1.54) is 5.56 Å². The van der Waals surface area contributed by atoms with E-state index in [1.54, 1.807) is 0 Å². The van der Waals surface area contributed by atoms with Crippen LogP contribution in [0.2, 0.25) is 0 Å². The molecule has 0 atom stereocenters. The average molecular weight is 383 g/mol. The third kappa shape index (κ3) is 3.68. The lowest BCUT2D eigenvalue weighted by molar-refractivity contribution is 0.111. The Morgan fingerprint density at radius 2 is 1.66 bits per heavy atom. The Morgan fingerprint density at radius 1 is 0.931 bits per heavy atom. The number of fused-ring (bicyclic) bond motifs is 1. The minimum absolute atomic E-state index is 0.539. The SMILES string of the molecule is CCc1ccc2cc(-c3cc(C)c(OCc4ccccc4)c(C)c3)c(C=O)n2c1. The lowest BCUT2D eigenvalue weighted by Crippen LogP contribution is -2.00. The molecule has 0 aliphatic carbocycles. The van der Waals surface area contributed by atoms with E-state index in [2.05, 4.69) is 69.4 Å². The van der Waals surface area contributed by atoms with Gasteiger partial charge in [-0.1, -0.05) is 43.3 Å². The zero-order valence-corrected chi connectivity index (χ0v) is 17.1. The molecule has 3 heteroatoms. The summed E-state index contributed by atoms with van der Waals surface area (Å²) in [5.74, 6) is 0.905. The van der Waals surface area contributed by atoms with Crippen molar-refractivity contribution < 1.29 is 9.53 Å². The number of rotatable bonds is 6. The highest BCUT2D eigenvalue weighted by Gasteiger charge is 2.15. The van der Waals surface area contributed by atoms with Gasteiger partial charge in [-0.25, -0.2) is 0 Å². The third-order valence-corrected chi connectivity index (χ3v) is 5.39. The summed E-state index contributed by atoms with van der Waals surface area (Å²) >= 11 is 0. The first kappa shape index (κ1) is 19.0.